The van der Waals surface area contributed by atoms with Gasteiger partial charge in [0.25, 0.3) is 0 Å². The van der Waals surface area contributed by atoms with Gasteiger partial charge in [-0.05, 0) is 11.1 Å². The minimum absolute atomic E-state index is 0.675. The summed E-state index contributed by atoms with van der Waals surface area (Å²) < 4.78 is 10.8. The lowest BCUT2D eigenvalue weighted by Crippen LogP contribution is -1.98. The van der Waals surface area contributed by atoms with Crippen LogP contribution in [0.25, 0.3) is 0 Å². The molecule has 16 heavy (non-hydrogen) atoms. The number of hydrogen-bond acceptors (Lipinski definition) is 2. The van der Waals surface area contributed by atoms with Gasteiger partial charge >= 0.3 is 0 Å². The van der Waals surface area contributed by atoms with Crippen molar-refractivity contribution in [3.63, 3.8) is 0 Å². The van der Waals surface area contributed by atoms with Crippen molar-refractivity contribution < 1.29 is 9.47 Å². The van der Waals surface area contributed by atoms with Crippen LogP contribution in [0.1, 0.15) is 11.1 Å². The van der Waals surface area contributed by atoms with Crippen molar-refractivity contribution in [2.75, 3.05) is 23.9 Å². The van der Waals surface area contributed by atoms with Gasteiger partial charge < -0.3 is 9.47 Å². The van der Waals surface area contributed by atoms with Crippen LogP contribution in [0.15, 0.2) is 24.3 Å². The Bertz CT molecular complexity index is 246. The van der Waals surface area contributed by atoms with Gasteiger partial charge in [-0.2, -0.15) is 0 Å². The molecule has 0 saturated carbocycles. The van der Waals surface area contributed by atoms with E-state index in [0.29, 0.717) is 13.2 Å². The molecule has 2 nitrogen and oxygen atoms in total. The van der Waals surface area contributed by atoms with E-state index in [1.165, 1.54) is 11.1 Å². The van der Waals surface area contributed by atoms with Gasteiger partial charge in [0.15, 0.2) is 0 Å². The van der Waals surface area contributed by atoms with Crippen molar-refractivity contribution in [2.45, 2.75) is 13.2 Å². The molecular formula is C12H16Br2O2. The average molecular weight is 352 g/mol. The summed E-state index contributed by atoms with van der Waals surface area (Å²) in [5, 5.41) is 1.76. The standard InChI is InChI=1S/C12H16Br2O2/c13-5-7-15-9-11-1-2-12(4-3-11)10-16-8-6-14/h1-4H,5-10H2. The van der Waals surface area contributed by atoms with Crippen LogP contribution in [0.2, 0.25) is 0 Å². The van der Waals surface area contributed by atoms with Crippen LogP contribution in [0.4, 0.5) is 0 Å². The van der Waals surface area contributed by atoms with Crippen LogP contribution in [0, 0.1) is 0 Å². The summed E-state index contributed by atoms with van der Waals surface area (Å²) in [6.45, 7) is 2.84. The van der Waals surface area contributed by atoms with Crippen LogP contribution >= 0.6 is 31.9 Å². The second-order valence-corrected chi connectivity index (χ2v) is 4.89. The van der Waals surface area contributed by atoms with Gasteiger partial charge in [-0.3, -0.25) is 0 Å². The number of rotatable bonds is 8. The summed E-state index contributed by atoms with van der Waals surface area (Å²) >= 11 is 6.65. The zero-order valence-corrected chi connectivity index (χ0v) is 12.3. The molecule has 0 bridgehead atoms. The highest BCUT2D eigenvalue weighted by molar-refractivity contribution is 9.09. The molecule has 1 aromatic rings. The van der Waals surface area contributed by atoms with E-state index in [2.05, 4.69) is 56.1 Å². The molecule has 0 radical (unpaired) electrons. The first-order valence-corrected chi connectivity index (χ1v) is 7.46. The van der Waals surface area contributed by atoms with Gasteiger partial charge in [0, 0.05) is 10.7 Å². The van der Waals surface area contributed by atoms with Gasteiger partial charge in [0.05, 0.1) is 26.4 Å². The predicted molar refractivity (Wildman–Crippen MR) is 73.3 cm³/mol. The number of benzene rings is 1. The van der Waals surface area contributed by atoms with Crippen molar-refractivity contribution >= 4 is 31.9 Å². The smallest absolute Gasteiger partial charge is 0.0717 e. The van der Waals surface area contributed by atoms with E-state index in [0.717, 1.165) is 23.9 Å². The van der Waals surface area contributed by atoms with Crippen molar-refractivity contribution in [1.29, 1.82) is 0 Å². The summed E-state index contributed by atoms with van der Waals surface area (Å²) in [5.41, 5.74) is 2.40. The fraction of sp³-hybridized carbons (Fsp3) is 0.500. The highest BCUT2D eigenvalue weighted by Gasteiger charge is 1.95. The fourth-order valence-electron chi connectivity index (χ4n) is 1.22. The first-order valence-electron chi connectivity index (χ1n) is 5.22. The molecule has 0 aromatic heterocycles. The highest BCUT2D eigenvalue weighted by atomic mass is 79.9. The third-order valence-corrected chi connectivity index (χ3v) is 2.65. The quantitative estimate of drug-likeness (QED) is 0.527. The largest absolute Gasteiger partial charge is 0.376 e. The normalized spacial score (nSPS) is 10.6. The molecule has 0 amide bonds. The summed E-state index contributed by atoms with van der Waals surface area (Å²) in [7, 11) is 0. The van der Waals surface area contributed by atoms with Gasteiger partial charge in [-0.15, -0.1) is 0 Å². The van der Waals surface area contributed by atoms with Crippen LogP contribution in [0.3, 0.4) is 0 Å². The van der Waals surface area contributed by atoms with Crippen LogP contribution < -0.4 is 0 Å². The maximum atomic E-state index is 5.42. The molecule has 0 unspecified atom stereocenters. The summed E-state index contributed by atoms with van der Waals surface area (Å²) in [4.78, 5) is 0. The number of hydrogen-bond donors (Lipinski definition) is 0. The lowest BCUT2D eigenvalue weighted by molar-refractivity contribution is 0.135. The van der Waals surface area contributed by atoms with E-state index in [-0.39, 0.29) is 0 Å². The average Bonchev–Trinajstić information content (AvgIpc) is 2.32. The SMILES string of the molecule is BrCCOCc1ccc(COCCBr)cc1. The Balaban J connectivity index is 2.30. The maximum absolute atomic E-state index is 5.42. The summed E-state index contributed by atoms with van der Waals surface area (Å²) in [6, 6.07) is 8.34. The Morgan fingerprint density at radius 1 is 0.750 bits per heavy atom. The molecule has 0 heterocycles. The predicted octanol–water partition coefficient (Wildman–Crippen LogP) is 3.51. The number of halogens is 2. The first-order chi connectivity index (χ1) is 7.86. The lowest BCUT2D eigenvalue weighted by Gasteiger charge is -2.05. The molecule has 0 aliphatic rings. The van der Waals surface area contributed by atoms with Gasteiger partial charge in [-0.1, -0.05) is 56.1 Å². The summed E-state index contributed by atoms with van der Waals surface area (Å²) in [5.74, 6) is 0. The summed E-state index contributed by atoms with van der Waals surface area (Å²) in [6.07, 6.45) is 0. The second-order valence-electron chi connectivity index (χ2n) is 3.30. The molecule has 0 aliphatic carbocycles. The van der Waals surface area contributed by atoms with E-state index in [9.17, 15) is 0 Å². The van der Waals surface area contributed by atoms with Gasteiger partial charge in [-0.25, -0.2) is 0 Å². The number of ether oxygens (including phenoxy) is 2. The van der Waals surface area contributed by atoms with E-state index < -0.39 is 0 Å². The minimum Gasteiger partial charge on any atom is -0.376 e. The molecule has 0 fully saturated rings. The van der Waals surface area contributed by atoms with E-state index >= 15 is 0 Å². The van der Waals surface area contributed by atoms with Crippen LogP contribution in [-0.2, 0) is 22.7 Å². The monoisotopic (exact) mass is 350 g/mol. The Morgan fingerprint density at radius 3 is 1.44 bits per heavy atom. The highest BCUT2D eigenvalue weighted by Crippen LogP contribution is 2.07. The van der Waals surface area contributed by atoms with Gasteiger partial charge in [0.1, 0.15) is 0 Å². The Morgan fingerprint density at radius 2 is 1.12 bits per heavy atom. The molecule has 0 saturated heterocycles. The zero-order chi connectivity index (χ0) is 11.6. The van der Waals surface area contributed by atoms with Crippen LogP contribution in [0.5, 0.6) is 0 Å². The molecule has 0 N–H and O–H groups in total. The van der Waals surface area contributed by atoms with E-state index in [1.807, 2.05) is 0 Å². The third-order valence-electron chi connectivity index (χ3n) is 2.00. The lowest BCUT2D eigenvalue weighted by atomic mass is 10.1. The molecule has 4 heteroatoms. The fourth-order valence-corrected chi connectivity index (χ4v) is 1.68. The maximum Gasteiger partial charge on any atom is 0.0717 e. The molecule has 0 aliphatic heterocycles. The van der Waals surface area contributed by atoms with E-state index in [1.54, 1.807) is 0 Å². The van der Waals surface area contributed by atoms with Crippen molar-refractivity contribution in [1.82, 2.24) is 0 Å². The Labute approximate surface area is 114 Å². The second kappa shape index (κ2) is 9.16. The molecule has 90 valence electrons. The molecule has 1 aromatic carbocycles. The topological polar surface area (TPSA) is 18.5 Å². The van der Waals surface area contributed by atoms with Crippen molar-refractivity contribution in [3.05, 3.63) is 35.4 Å². The van der Waals surface area contributed by atoms with E-state index in [4.69, 9.17) is 9.47 Å². The van der Waals surface area contributed by atoms with Gasteiger partial charge in [0.2, 0.25) is 0 Å². The molecule has 0 spiro atoms. The molecule has 0 atom stereocenters. The third kappa shape index (κ3) is 5.99. The molecular weight excluding hydrogens is 336 g/mol. The van der Waals surface area contributed by atoms with Crippen molar-refractivity contribution in [2.24, 2.45) is 0 Å². The first kappa shape index (κ1) is 14.2. The number of alkyl halides is 2. The van der Waals surface area contributed by atoms with Crippen LogP contribution in [-0.4, -0.2) is 23.9 Å². The van der Waals surface area contributed by atoms with Crippen molar-refractivity contribution in [3.8, 4) is 0 Å². The zero-order valence-electron chi connectivity index (χ0n) is 9.12. The minimum atomic E-state index is 0.675. The Kier molecular flexibility index (Phi) is 8.11. The molecule has 1 rings (SSSR count). The Hall–Kier alpha value is 0.100.